The van der Waals surface area contributed by atoms with Crippen LogP contribution in [0.1, 0.15) is 30.9 Å². The molecule has 3 unspecified atom stereocenters. The van der Waals surface area contributed by atoms with Crippen LogP contribution in [-0.4, -0.2) is 24.5 Å². The second kappa shape index (κ2) is 5.61. The van der Waals surface area contributed by atoms with Crippen molar-refractivity contribution in [3.8, 4) is 0 Å². The van der Waals surface area contributed by atoms with Crippen molar-refractivity contribution in [2.45, 2.75) is 25.3 Å². The third kappa shape index (κ3) is 2.64. The molecule has 1 aliphatic heterocycles. The zero-order valence-electron chi connectivity index (χ0n) is 11.0. The molecule has 0 bridgehead atoms. The van der Waals surface area contributed by atoms with Gasteiger partial charge in [0.1, 0.15) is 0 Å². The van der Waals surface area contributed by atoms with Crippen LogP contribution in [0.15, 0.2) is 18.2 Å². The summed E-state index contributed by atoms with van der Waals surface area (Å²) < 4.78 is 0. The van der Waals surface area contributed by atoms with Crippen molar-refractivity contribution in [1.82, 2.24) is 4.90 Å². The highest BCUT2D eigenvalue weighted by Gasteiger charge is 2.38. The molecule has 0 aromatic heterocycles. The highest BCUT2D eigenvalue weighted by molar-refractivity contribution is 6.35. The first-order valence-electron chi connectivity index (χ1n) is 7.08. The minimum absolute atomic E-state index is 0.232. The van der Waals surface area contributed by atoms with Crippen molar-refractivity contribution in [1.29, 1.82) is 0 Å². The molecule has 0 radical (unpaired) electrons. The Labute approximate surface area is 124 Å². The van der Waals surface area contributed by atoms with Crippen molar-refractivity contribution in [2.75, 3.05) is 19.6 Å². The van der Waals surface area contributed by atoms with Gasteiger partial charge < -0.3 is 5.73 Å². The van der Waals surface area contributed by atoms with E-state index in [2.05, 4.69) is 4.90 Å². The minimum atomic E-state index is 0.232. The Kier molecular flexibility index (Phi) is 4.04. The Balaban J connectivity index is 1.81. The Morgan fingerprint density at radius 1 is 1.21 bits per heavy atom. The molecule has 19 heavy (non-hydrogen) atoms. The molecule has 0 spiro atoms. The summed E-state index contributed by atoms with van der Waals surface area (Å²) in [4.78, 5) is 2.52. The first-order valence-corrected chi connectivity index (χ1v) is 7.83. The molecule has 2 aliphatic rings. The topological polar surface area (TPSA) is 29.3 Å². The lowest BCUT2D eigenvalue weighted by Gasteiger charge is -2.28. The zero-order valence-corrected chi connectivity index (χ0v) is 12.5. The summed E-state index contributed by atoms with van der Waals surface area (Å²) in [5.41, 5.74) is 7.13. The highest BCUT2D eigenvalue weighted by atomic mass is 35.5. The van der Waals surface area contributed by atoms with Gasteiger partial charge in [0, 0.05) is 35.7 Å². The van der Waals surface area contributed by atoms with Gasteiger partial charge in [-0.05, 0) is 42.4 Å². The van der Waals surface area contributed by atoms with Gasteiger partial charge >= 0.3 is 0 Å². The summed E-state index contributed by atoms with van der Waals surface area (Å²) in [5.74, 6) is 1.75. The van der Waals surface area contributed by atoms with E-state index in [9.17, 15) is 0 Å². The minimum Gasteiger partial charge on any atom is -0.329 e. The van der Waals surface area contributed by atoms with Gasteiger partial charge in [-0.1, -0.05) is 35.7 Å². The van der Waals surface area contributed by atoms with Crippen LogP contribution in [-0.2, 0) is 0 Å². The van der Waals surface area contributed by atoms with E-state index in [0.717, 1.165) is 22.4 Å². The van der Waals surface area contributed by atoms with Gasteiger partial charge in [0.25, 0.3) is 0 Å². The van der Waals surface area contributed by atoms with Crippen molar-refractivity contribution in [3.05, 3.63) is 33.8 Å². The lowest BCUT2D eigenvalue weighted by Crippen LogP contribution is -2.32. The summed E-state index contributed by atoms with van der Waals surface area (Å²) in [6, 6.07) is 5.98. The van der Waals surface area contributed by atoms with Crippen molar-refractivity contribution in [3.63, 3.8) is 0 Å². The predicted molar refractivity (Wildman–Crippen MR) is 80.7 cm³/mol. The van der Waals surface area contributed by atoms with E-state index in [1.807, 2.05) is 18.2 Å². The van der Waals surface area contributed by atoms with Crippen molar-refractivity contribution >= 4 is 23.2 Å². The number of hydrogen-bond donors (Lipinski definition) is 1. The average molecular weight is 299 g/mol. The third-order valence-electron chi connectivity index (χ3n) is 4.74. The van der Waals surface area contributed by atoms with Crippen LogP contribution in [0, 0.1) is 11.8 Å². The molecule has 1 aromatic carbocycles. The Morgan fingerprint density at radius 3 is 2.47 bits per heavy atom. The maximum Gasteiger partial charge on any atom is 0.0485 e. The molecule has 1 saturated heterocycles. The van der Waals surface area contributed by atoms with Gasteiger partial charge in [0.2, 0.25) is 0 Å². The molecule has 1 saturated carbocycles. The number of fused-ring (bicyclic) bond motifs is 1. The molecule has 1 aliphatic carbocycles. The molecule has 3 atom stereocenters. The van der Waals surface area contributed by atoms with E-state index in [-0.39, 0.29) is 6.04 Å². The molecule has 2 fully saturated rings. The predicted octanol–water partition coefficient (Wildman–Crippen LogP) is 3.73. The molecule has 4 heteroatoms. The maximum absolute atomic E-state index is 6.34. The Bertz CT molecular complexity index is 451. The summed E-state index contributed by atoms with van der Waals surface area (Å²) >= 11 is 12.3. The standard InChI is InChI=1S/C15H20Cl2N2/c16-12-4-5-13(14(17)6-12)15(7-18)19-8-10-2-1-3-11(10)9-19/h4-6,10-11,15H,1-3,7-9,18H2. The highest BCUT2D eigenvalue weighted by Crippen LogP contribution is 2.41. The molecule has 0 amide bonds. The number of hydrogen-bond acceptors (Lipinski definition) is 2. The van der Waals surface area contributed by atoms with E-state index in [1.54, 1.807) is 0 Å². The normalized spacial score (nSPS) is 28.6. The second-order valence-electron chi connectivity index (χ2n) is 5.82. The number of halogens is 2. The average Bonchev–Trinajstić information content (AvgIpc) is 2.93. The number of benzene rings is 1. The number of rotatable bonds is 3. The van der Waals surface area contributed by atoms with Gasteiger partial charge in [-0.3, -0.25) is 4.90 Å². The van der Waals surface area contributed by atoms with Gasteiger partial charge in [0.05, 0.1) is 0 Å². The quantitative estimate of drug-likeness (QED) is 0.921. The SMILES string of the molecule is NCC(c1ccc(Cl)cc1Cl)N1CC2CCCC2C1. The van der Waals surface area contributed by atoms with E-state index in [0.29, 0.717) is 11.6 Å². The maximum atomic E-state index is 6.34. The summed E-state index contributed by atoms with van der Waals surface area (Å²) in [7, 11) is 0. The Hall–Kier alpha value is -0.280. The van der Waals surface area contributed by atoms with E-state index < -0.39 is 0 Å². The van der Waals surface area contributed by atoms with Gasteiger partial charge in [-0.2, -0.15) is 0 Å². The molecular formula is C15H20Cl2N2. The molecule has 2 N–H and O–H groups in total. The fourth-order valence-corrected chi connectivity index (χ4v) is 4.30. The van der Waals surface area contributed by atoms with Gasteiger partial charge in [-0.25, -0.2) is 0 Å². The van der Waals surface area contributed by atoms with Gasteiger partial charge in [-0.15, -0.1) is 0 Å². The monoisotopic (exact) mass is 298 g/mol. The molecule has 2 nitrogen and oxygen atoms in total. The van der Waals surface area contributed by atoms with Crippen LogP contribution >= 0.6 is 23.2 Å². The van der Waals surface area contributed by atoms with E-state index in [4.69, 9.17) is 28.9 Å². The van der Waals surface area contributed by atoms with Crippen LogP contribution in [0.5, 0.6) is 0 Å². The first-order chi connectivity index (χ1) is 9.19. The largest absolute Gasteiger partial charge is 0.329 e. The van der Waals surface area contributed by atoms with Crippen LogP contribution in [0.25, 0.3) is 0 Å². The molecule has 1 aromatic rings. The van der Waals surface area contributed by atoms with E-state index >= 15 is 0 Å². The zero-order chi connectivity index (χ0) is 13.4. The lowest BCUT2D eigenvalue weighted by molar-refractivity contribution is 0.232. The second-order valence-corrected chi connectivity index (χ2v) is 6.67. The third-order valence-corrected chi connectivity index (χ3v) is 5.30. The smallest absolute Gasteiger partial charge is 0.0485 e. The molecule has 3 rings (SSSR count). The molecular weight excluding hydrogens is 279 g/mol. The van der Waals surface area contributed by atoms with Crippen LogP contribution in [0.2, 0.25) is 10.0 Å². The van der Waals surface area contributed by atoms with Crippen LogP contribution in [0.3, 0.4) is 0 Å². The van der Waals surface area contributed by atoms with Crippen LogP contribution < -0.4 is 5.73 Å². The first kappa shape index (κ1) is 13.7. The fraction of sp³-hybridized carbons (Fsp3) is 0.600. The lowest BCUT2D eigenvalue weighted by atomic mass is 10.0. The summed E-state index contributed by atoms with van der Waals surface area (Å²) in [6.45, 7) is 2.96. The fourth-order valence-electron chi connectivity index (χ4n) is 3.77. The van der Waals surface area contributed by atoms with Gasteiger partial charge in [0.15, 0.2) is 0 Å². The molecule has 1 heterocycles. The van der Waals surface area contributed by atoms with Crippen molar-refractivity contribution in [2.24, 2.45) is 17.6 Å². The number of likely N-dealkylation sites (tertiary alicyclic amines) is 1. The summed E-state index contributed by atoms with van der Waals surface area (Å²) in [6.07, 6.45) is 4.16. The number of nitrogens with two attached hydrogens (primary N) is 1. The molecule has 104 valence electrons. The Morgan fingerprint density at radius 2 is 1.89 bits per heavy atom. The van der Waals surface area contributed by atoms with Crippen molar-refractivity contribution < 1.29 is 0 Å². The van der Waals surface area contributed by atoms with E-state index in [1.165, 1.54) is 32.4 Å². The number of nitrogens with zero attached hydrogens (tertiary/aromatic N) is 1. The van der Waals surface area contributed by atoms with Crippen LogP contribution in [0.4, 0.5) is 0 Å². The summed E-state index contributed by atoms with van der Waals surface area (Å²) in [5, 5.41) is 1.42.